The van der Waals surface area contributed by atoms with E-state index in [2.05, 4.69) is 6.58 Å². The molecular formula is C21H20O4. The number of ether oxygens (including phenoxy) is 1. The van der Waals surface area contributed by atoms with Crippen molar-refractivity contribution in [3.63, 3.8) is 0 Å². The van der Waals surface area contributed by atoms with E-state index in [0.29, 0.717) is 0 Å². The third-order valence-corrected chi connectivity index (χ3v) is 4.82. The maximum atomic E-state index is 12.7. The van der Waals surface area contributed by atoms with Gasteiger partial charge in [-0.25, -0.2) is 0 Å². The highest BCUT2D eigenvalue weighted by atomic mass is 16.5. The van der Waals surface area contributed by atoms with Gasteiger partial charge in [-0.05, 0) is 11.1 Å². The van der Waals surface area contributed by atoms with Crippen LogP contribution < -0.4 is 0 Å². The molecule has 0 radical (unpaired) electrons. The maximum Gasteiger partial charge on any atom is 0.310 e. The lowest BCUT2D eigenvalue weighted by Crippen LogP contribution is -2.51. The molecule has 128 valence electrons. The Morgan fingerprint density at radius 1 is 0.920 bits per heavy atom. The molecule has 25 heavy (non-hydrogen) atoms. The summed E-state index contributed by atoms with van der Waals surface area (Å²) < 4.78 is 5.28. The van der Waals surface area contributed by atoms with E-state index in [9.17, 15) is 14.7 Å². The summed E-state index contributed by atoms with van der Waals surface area (Å²) >= 11 is 0. The minimum absolute atomic E-state index is 0.121. The van der Waals surface area contributed by atoms with E-state index in [-0.39, 0.29) is 12.6 Å². The largest absolute Gasteiger partial charge is 0.481 e. The summed E-state index contributed by atoms with van der Waals surface area (Å²) in [7, 11) is 0. The first-order valence-corrected chi connectivity index (χ1v) is 8.25. The fourth-order valence-corrected chi connectivity index (χ4v) is 3.77. The van der Waals surface area contributed by atoms with Gasteiger partial charge in [-0.1, -0.05) is 73.3 Å². The number of carboxylic acid groups (broad SMARTS) is 1. The number of carbonyl (C=O) groups excluding carboxylic acids is 1. The lowest BCUT2D eigenvalue weighted by atomic mass is 9.52. The third-order valence-electron chi connectivity index (χ3n) is 4.82. The first kappa shape index (κ1) is 17.0. The van der Waals surface area contributed by atoms with Crippen LogP contribution in [0.5, 0.6) is 0 Å². The molecule has 0 spiro atoms. The molecule has 1 aliphatic carbocycles. The van der Waals surface area contributed by atoms with Gasteiger partial charge in [-0.15, -0.1) is 0 Å². The van der Waals surface area contributed by atoms with Gasteiger partial charge in [-0.3, -0.25) is 9.59 Å². The Morgan fingerprint density at radius 2 is 1.40 bits per heavy atom. The number of rotatable bonds is 6. The normalized spacial score (nSPS) is 24.8. The summed E-state index contributed by atoms with van der Waals surface area (Å²) in [5.41, 5.74) is 1.70. The van der Waals surface area contributed by atoms with Crippen LogP contribution in [-0.2, 0) is 14.3 Å². The van der Waals surface area contributed by atoms with Crippen LogP contribution in [0.1, 0.15) is 23.0 Å². The first-order chi connectivity index (χ1) is 12.1. The maximum absolute atomic E-state index is 12.7. The molecule has 0 aromatic heterocycles. The minimum Gasteiger partial charge on any atom is -0.481 e. The van der Waals surface area contributed by atoms with Gasteiger partial charge in [0.2, 0.25) is 0 Å². The zero-order chi connectivity index (χ0) is 17.8. The van der Waals surface area contributed by atoms with E-state index >= 15 is 0 Å². The smallest absolute Gasteiger partial charge is 0.310 e. The zero-order valence-corrected chi connectivity index (χ0v) is 13.7. The third kappa shape index (κ3) is 3.20. The van der Waals surface area contributed by atoms with Crippen molar-refractivity contribution in [1.29, 1.82) is 0 Å². The number of hydrogen-bond acceptors (Lipinski definition) is 3. The fraction of sp³-hybridized carbons (Fsp3) is 0.238. The van der Waals surface area contributed by atoms with E-state index in [1.54, 1.807) is 0 Å². The topological polar surface area (TPSA) is 63.6 Å². The average molecular weight is 336 g/mol. The molecule has 4 heteroatoms. The molecule has 2 aromatic rings. The van der Waals surface area contributed by atoms with Crippen molar-refractivity contribution in [1.82, 2.24) is 0 Å². The lowest BCUT2D eigenvalue weighted by molar-refractivity contribution is -0.163. The molecule has 0 heterocycles. The molecular weight excluding hydrogens is 316 g/mol. The van der Waals surface area contributed by atoms with Crippen LogP contribution in [0, 0.1) is 11.8 Å². The van der Waals surface area contributed by atoms with Crippen LogP contribution in [0.4, 0.5) is 0 Å². The summed E-state index contributed by atoms with van der Waals surface area (Å²) in [5, 5.41) is 9.80. The van der Waals surface area contributed by atoms with Crippen molar-refractivity contribution in [2.45, 2.75) is 11.8 Å². The SMILES string of the molecule is C=CCOC(=O)C1[C@H](c2ccccc2)C(C(=O)O)[C@@H]1c1ccccc1. The molecule has 0 amide bonds. The van der Waals surface area contributed by atoms with Crippen LogP contribution in [0.3, 0.4) is 0 Å². The van der Waals surface area contributed by atoms with Gasteiger partial charge in [0, 0.05) is 11.8 Å². The molecule has 0 saturated heterocycles. The second-order valence-electron chi connectivity index (χ2n) is 6.18. The predicted octanol–water partition coefficient (Wildman–Crippen LogP) is 3.61. The summed E-state index contributed by atoms with van der Waals surface area (Å²) in [4.78, 5) is 24.6. The number of benzene rings is 2. The van der Waals surface area contributed by atoms with Crippen LogP contribution in [-0.4, -0.2) is 23.7 Å². The van der Waals surface area contributed by atoms with Crippen molar-refractivity contribution in [2.75, 3.05) is 6.61 Å². The van der Waals surface area contributed by atoms with E-state index in [4.69, 9.17) is 4.74 Å². The van der Waals surface area contributed by atoms with Gasteiger partial charge in [0.05, 0.1) is 11.8 Å². The Kier molecular flexibility index (Phi) is 4.98. The molecule has 0 aliphatic heterocycles. The quantitative estimate of drug-likeness (QED) is 0.646. The number of carbonyl (C=O) groups is 2. The van der Waals surface area contributed by atoms with Crippen molar-refractivity contribution < 1.29 is 19.4 Å². The van der Waals surface area contributed by atoms with Gasteiger partial charge in [-0.2, -0.15) is 0 Å². The van der Waals surface area contributed by atoms with Gasteiger partial charge in [0.15, 0.2) is 0 Å². The summed E-state index contributed by atoms with van der Waals surface area (Å²) in [6.45, 7) is 3.68. The van der Waals surface area contributed by atoms with Crippen LogP contribution in [0.15, 0.2) is 73.3 Å². The van der Waals surface area contributed by atoms with Gasteiger partial charge in [0.25, 0.3) is 0 Å². The minimum atomic E-state index is -0.893. The summed E-state index contributed by atoms with van der Waals surface area (Å²) in [5.74, 6) is -3.25. The average Bonchev–Trinajstić information content (AvgIpc) is 2.60. The Balaban J connectivity index is 2.01. The lowest BCUT2D eigenvalue weighted by Gasteiger charge is -2.49. The predicted molar refractivity (Wildman–Crippen MR) is 94.1 cm³/mol. The summed E-state index contributed by atoms with van der Waals surface area (Å²) in [6, 6.07) is 18.7. The molecule has 2 aromatic carbocycles. The van der Waals surface area contributed by atoms with Crippen LogP contribution in [0.25, 0.3) is 0 Å². The van der Waals surface area contributed by atoms with Gasteiger partial charge in [0.1, 0.15) is 6.61 Å². The molecule has 4 atom stereocenters. The highest BCUT2D eigenvalue weighted by molar-refractivity contribution is 5.84. The van der Waals surface area contributed by atoms with Crippen molar-refractivity contribution >= 4 is 11.9 Å². The molecule has 0 bridgehead atoms. The highest BCUT2D eigenvalue weighted by Gasteiger charge is 2.59. The van der Waals surface area contributed by atoms with E-state index in [1.165, 1.54) is 6.08 Å². The second kappa shape index (κ2) is 7.34. The second-order valence-corrected chi connectivity index (χ2v) is 6.18. The number of esters is 1. The Labute approximate surface area is 146 Å². The molecule has 3 rings (SSSR count). The van der Waals surface area contributed by atoms with Crippen molar-refractivity contribution in [3.05, 3.63) is 84.4 Å². The van der Waals surface area contributed by atoms with Crippen LogP contribution >= 0.6 is 0 Å². The highest BCUT2D eigenvalue weighted by Crippen LogP contribution is 2.57. The van der Waals surface area contributed by atoms with Gasteiger partial charge >= 0.3 is 11.9 Å². The Morgan fingerprint density at radius 3 is 1.80 bits per heavy atom. The summed E-state index contributed by atoms with van der Waals surface area (Å²) in [6.07, 6.45) is 1.51. The van der Waals surface area contributed by atoms with Crippen molar-refractivity contribution in [3.8, 4) is 0 Å². The molecule has 1 aliphatic rings. The number of aliphatic carboxylic acids is 1. The first-order valence-electron chi connectivity index (χ1n) is 8.25. The van der Waals surface area contributed by atoms with Crippen molar-refractivity contribution in [2.24, 2.45) is 11.8 Å². The molecule has 1 fully saturated rings. The van der Waals surface area contributed by atoms with E-state index < -0.39 is 29.6 Å². The Hall–Kier alpha value is -2.88. The molecule has 2 unspecified atom stereocenters. The zero-order valence-electron chi connectivity index (χ0n) is 13.7. The number of hydrogen-bond donors (Lipinski definition) is 1. The van der Waals surface area contributed by atoms with Gasteiger partial charge < -0.3 is 9.84 Å². The van der Waals surface area contributed by atoms with Crippen LogP contribution in [0.2, 0.25) is 0 Å². The fourth-order valence-electron chi connectivity index (χ4n) is 3.77. The van der Waals surface area contributed by atoms with E-state index in [0.717, 1.165) is 11.1 Å². The Bertz CT molecular complexity index is 706. The monoisotopic (exact) mass is 336 g/mol. The van der Waals surface area contributed by atoms with E-state index in [1.807, 2.05) is 60.7 Å². The molecule has 1 N–H and O–H groups in total. The number of carboxylic acids is 1. The molecule has 4 nitrogen and oxygen atoms in total. The molecule has 1 saturated carbocycles. The standard InChI is InChI=1S/C21H20O4/c1-2-13-25-21(24)19-16(14-9-5-3-6-10-14)18(20(22)23)17(19)15-11-7-4-8-12-15/h2-12,16-19H,1,13H2,(H,22,23)/t16-,17+,18?,19?.